The van der Waals surface area contributed by atoms with Crippen molar-refractivity contribution in [1.29, 1.82) is 10.7 Å². The van der Waals surface area contributed by atoms with Crippen molar-refractivity contribution in [2.45, 2.75) is 6.92 Å². The molecule has 1 amide bonds. The summed E-state index contributed by atoms with van der Waals surface area (Å²) in [5.41, 5.74) is 1.30. The zero-order chi connectivity index (χ0) is 16.4. The Hall–Kier alpha value is -2.85. The van der Waals surface area contributed by atoms with Crippen LogP contribution in [-0.4, -0.2) is 28.5 Å². The minimum absolute atomic E-state index is 0.166. The highest BCUT2D eigenvalue weighted by Gasteiger charge is 2.43. The lowest BCUT2D eigenvalue weighted by molar-refractivity contribution is -0.121. The topological polar surface area (TPSA) is 89.5 Å². The average Bonchev–Trinajstić information content (AvgIpc) is 3.06. The van der Waals surface area contributed by atoms with Gasteiger partial charge < -0.3 is 4.74 Å². The smallest absolute Gasteiger partial charge is 0.283 e. The van der Waals surface area contributed by atoms with Crippen molar-refractivity contribution in [3.8, 4) is 6.07 Å². The van der Waals surface area contributed by atoms with Gasteiger partial charge in [-0.3, -0.25) is 10.2 Å². The van der Waals surface area contributed by atoms with Crippen LogP contribution in [0, 0.1) is 16.7 Å². The van der Waals surface area contributed by atoms with Crippen LogP contribution in [0.1, 0.15) is 12.5 Å². The van der Waals surface area contributed by atoms with E-state index in [0.29, 0.717) is 5.17 Å². The van der Waals surface area contributed by atoms with Gasteiger partial charge in [0.2, 0.25) is 5.90 Å². The molecule has 2 aliphatic rings. The Kier molecular flexibility index (Phi) is 4.00. The summed E-state index contributed by atoms with van der Waals surface area (Å²) in [6, 6.07) is 11.4. The molecule has 0 atom stereocenters. The molecule has 2 heterocycles. The minimum atomic E-state index is -0.360. The highest BCUT2D eigenvalue weighted by atomic mass is 32.2. The predicted octanol–water partition coefficient (Wildman–Crippen LogP) is 2.72. The highest BCUT2D eigenvalue weighted by Crippen LogP contribution is 2.40. The Morgan fingerprint density at radius 2 is 2.22 bits per heavy atom. The first kappa shape index (κ1) is 15.1. The normalized spacial score (nSPS) is 18.1. The Bertz CT molecular complexity index is 818. The standard InChI is InChI=1S/C16H12N4O2S/c1-2-22-14(18)13-12(9-17)23-16-19-11(15(21)20(13)16)8-10-6-4-3-5-7-10/h3-8,18H,2H2,1H3/b11-8-,18-14?. The van der Waals surface area contributed by atoms with E-state index in [-0.39, 0.29) is 34.7 Å². The second-order valence-corrected chi connectivity index (χ2v) is 5.61. The quantitative estimate of drug-likeness (QED) is 0.526. The summed E-state index contributed by atoms with van der Waals surface area (Å²) < 4.78 is 5.16. The third-order valence-corrected chi connectivity index (χ3v) is 4.12. The Morgan fingerprint density at radius 1 is 1.48 bits per heavy atom. The molecular weight excluding hydrogens is 312 g/mol. The number of aliphatic imine (C=N–C) groups is 1. The van der Waals surface area contributed by atoms with Gasteiger partial charge in [-0.2, -0.15) is 5.26 Å². The average molecular weight is 324 g/mol. The predicted molar refractivity (Wildman–Crippen MR) is 88.3 cm³/mol. The molecule has 0 saturated heterocycles. The number of ether oxygens (including phenoxy) is 1. The molecule has 0 saturated carbocycles. The van der Waals surface area contributed by atoms with Gasteiger partial charge in [0, 0.05) is 0 Å². The molecule has 6 nitrogen and oxygen atoms in total. The van der Waals surface area contributed by atoms with Gasteiger partial charge in [0.1, 0.15) is 22.4 Å². The lowest BCUT2D eigenvalue weighted by atomic mass is 10.2. The zero-order valence-electron chi connectivity index (χ0n) is 12.2. The van der Waals surface area contributed by atoms with Crippen molar-refractivity contribution in [1.82, 2.24) is 4.90 Å². The van der Waals surface area contributed by atoms with E-state index in [1.807, 2.05) is 36.4 Å². The van der Waals surface area contributed by atoms with Crippen LogP contribution in [0.4, 0.5) is 0 Å². The van der Waals surface area contributed by atoms with Crippen LogP contribution in [0.2, 0.25) is 0 Å². The number of amidine groups is 1. The van der Waals surface area contributed by atoms with E-state index in [0.717, 1.165) is 17.3 Å². The fourth-order valence-electron chi connectivity index (χ4n) is 2.20. The highest BCUT2D eigenvalue weighted by molar-refractivity contribution is 8.17. The van der Waals surface area contributed by atoms with Crippen molar-refractivity contribution in [3.05, 3.63) is 52.2 Å². The van der Waals surface area contributed by atoms with Crippen LogP contribution >= 0.6 is 11.8 Å². The number of allylic oxidation sites excluding steroid dienone is 1. The van der Waals surface area contributed by atoms with Gasteiger partial charge in [-0.25, -0.2) is 9.89 Å². The number of hydrogen-bond acceptors (Lipinski definition) is 6. The van der Waals surface area contributed by atoms with Crippen LogP contribution in [0.15, 0.2) is 51.6 Å². The number of benzene rings is 1. The first-order valence-electron chi connectivity index (χ1n) is 6.89. The maximum atomic E-state index is 12.6. The van der Waals surface area contributed by atoms with Crippen LogP contribution in [-0.2, 0) is 9.53 Å². The molecule has 0 fully saturated rings. The molecule has 2 aliphatic heterocycles. The van der Waals surface area contributed by atoms with Crippen molar-refractivity contribution in [2.75, 3.05) is 6.61 Å². The van der Waals surface area contributed by atoms with Crippen molar-refractivity contribution in [2.24, 2.45) is 4.99 Å². The van der Waals surface area contributed by atoms with E-state index in [4.69, 9.17) is 10.1 Å². The Balaban J connectivity index is 1.96. The third kappa shape index (κ3) is 2.64. The number of nitriles is 1. The number of carbonyl (C=O) groups excluding carboxylic acids is 1. The van der Waals surface area contributed by atoms with Crippen LogP contribution < -0.4 is 0 Å². The zero-order valence-corrected chi connectivity index (χ0v) is 13.1. The molecule has 1 N–H and O–H groups in total. The Morgan fingerprint density at radius 3 is 2.87 bits per heavy atom. The second-order valence-electron chi connectivity index (χ2n) is 4.63. The van der Waals surface area contributed by atoms with Gasteiger partial charge in [-0.15, -0.1) is 0 Å². The summed E-state index contributed by atoms with van der Waals surface area (Å²) in [6.45, 7) is 2.03. The van der Waals surface area contributed by atoms with Gasteiger partial charge >= 0.3 is 0 Å². The maximum Gasteiger partial charge on any atom is 0.283 e. The molecule has 0 bridgehead atoms. The fourth-order valence-corrected chi connectivity index (χ4v) is 3.12. The number of nitrogens with zero attached hydrogens (tertiary/aromatic N) is 3. The number of rotatable bonds is 3. The first-order valence-corrected chi connectivity index (χ1v) is 7.71. The van der Waals surface area contributed by atoms with E-state index >= 15 is 0 Å². The second kappa shape index (κ2) is 6.10. The minimum Gasteiger partial charge on any atom is -0.477 e. The van der Waals surface area contributed by atoms with Crippen LogP contribution in [0.3, 0.4) is 0 Å². The van der Waals surface area contributed by atoms with Gasteiger partial charge in [0.25, 0.3) is 5.91 Å². The molecular formula is C16H12N4O2S. The van der Waals surface area contributed by atoms with E-state index < -0.39 is 0 Å². The third-order valence-electron chi connectivity index (χ3n) is 3.17. The van der Waals surface area contributed by atoms with E-state index in [1.54, 1.807) is 13.0 Å². The lowest BCUT2D eigenvalue weighted by Crippen LogP contribution is -2.31. The fraction of sp³-hybridized carbons (Fsp3) is 0.125. The summed E-state index contributed by atoms with van der Waals surface area (Å²) in [6.07, 6.45) is 1.68. The summed E-state index contributed by atoms with van der Waals surface area (Å²) in [5.74, 6) is -0.558. The first-order chi connectivity index (χ1) is 11.2. The van der Waals surface area contributed by atoms with Crippen molar-refractivity contribution < 1.29 is 9.53 Å². The number of fused-ring (bicyclic) bond motifs is 1. The Labute approximate surface area is 137 Å². The monoisotopic (exact) mass is 324 g/mol. The molecule has 0 radical (unpaired) electrons. The van der Waals surface area contributed by atoms with Gasteiger partial charge in [-0.1, -0.05) is 30.3 Å². The number of amides is 1. The van der Waals surface area contributed by atoms with E-state index in [9.17, 15) is 10.1 Å². The molecule has 7 heteroatoms. The SMILES string of the molecule is CCOC(=N)C1=C(C#N)SC2=N/C(=C\c3ccccc3)C(=O)N21. The van der Waals surface area contributed by atoms with Gasteiger partial charge in [0.15, 0.2) is 5.17 Å². The largest absolute Gasteiger partial charge is 0.477 e. The van der Waals surface area contributed by atoms with Crippen LogP contribution in [0.25, 0.3) is 6.08 Å². The number of thioether (sulfide) groups is 1. The molecule has 0 aliphatic carbocycles. The summed E-state index contributed by atoms with van der Waals surface area (Å²) in [5, 5.41) is 17.5. The van der Waals surface area contributed by atoms with E-state index in [2.05, 4.69) is 4.99 Å². The molecule has 0 unspecified atom stereocenters. The summed E-state index contributed by atoms with van der Waals surface area (Å²) in [4.78, 5) is 18.4. The molecule has 3 rings (SSSR count). The maximum absolute atomic E-state index is 12.6. The molecule has 0 aromatic heterocycles. The molecule has 114 valence electrons. The number of hydrogen-bond donors (Lipinski definition) is 1. The summed E-state index contributed by atoms with van der Waals surface area (Å²) >= 11 is 1.07. The van der Waals surface area contributed by atoms with Crippen LogP contribution in [0.5, 0.6) is 0 Å². The molecule has 0 spiro atoms. The lowest BCUT2D eigenvalue weighted by Gasteiger charge is -2.14. The van der Waals surface area contributed by atoms with E-state index in [1.165, 1.54) is 4.90 Å². The number of carbonyl (C=O) groups is 1. The van der Waals surface area contributed by atoms with Gasteiger partial charge in [0.05, 0.1) is 6.61 Å². The molecule has 1 aromatic carbocycles. The van der Waals surface area contributed by atoms with Gasteiger partial charge in [-0.05, 0) is 30.3 Å². The van der Waals surface area contributed by atoms with Crippen molar-refractivity contribution >= 4 is 34.8 Å². The number of nitrogens with one attached hydrogen (secondary N) is 1. The van der Waals surface area contributed by atoms with Crippen molar-refractivity contribution in [3.63, 3.8) is 0 Å². The molecule has 23 heavy (non-hydrogen) atoms. The summed E-state index contributed by atoms with van der Waals surface area (Å²) in [7, 11) is 0. The molecule has 1 aromatic rings.